The summed E-state index contributed by atoms with van der Waals surface area (Å²) in [6.07, 6.45) is 3.83. The van der Waals surface area contributed by atoms with E-state index in [9.17, 15) is 9.59 Å². The van der Waals surface area contributed by atoms with Crippen molar-refractivity contribution in [1.82, 2.24) is 15.5 Å². The number of ether oxygens (including phenoxy) is 1. The lowest BCUT2D eigenvalue weighted by Crippen LogP contribution is -2.42. The lowest BCUT2D eigenvalue weighted by molar-refractivity contribution is -0.122. The number of morpholine rings is 1. The van der Waals surface area contributed by atoms with Crippen molar-refractivity contribution < 1.29 is 14.3 Å². The second kappa shape index (κ2) is 12.2. The Kier molecular flexibility index (Phi) is 9.30. The molecule has 1 heterocycles. The van der Waals surface area contributed by atoms with E-state index in [4.69, 9.17) is 4.74 Å². The fourth-order valence-electron chi connectivity index (χ4n) is 4.88. The molecule has 3 rings (SSSR count). The van der Waals surface area contributed by atoms with E-state index in [0.29, 0.717) is 42.8 Å². The minimum Gasteiger partial charge on any atom is -0.379 e. The van der Waals surface area contributed by atoms with Crippen LogP contribution in [-0.2, 0) is 9.53 Å². The Morgan fingerprint density at radius 2 is 1.84 bits per heavy atom. The number of nitrogens with zero attached hydrogens (tertiary/aromatic N) is 1. The third kappa shape index (κ3) is 7.17. The van der Waals surface area contributed by atoms with E-state index in [-0.39, 0.29) is 17.7 Å². The molecule has 1 saturated heterocycles. The molecular weight excluding hydrogens is 402 g/mol. The smallest absolute Gasteiger partial charge is 0.251 e. The number of hydrogen-bond donors (Lipinski definition) is 2. The molecule has 1 fully saturated rings. The molecule has 6 heteroatoms. The predicted octanol–water partition coefficient (Wildman–Crippen LogP) is 3.11. The van der Waals surface area contributed by atoms with Crippen LogP contribution in [0.2, 0.25) is 0 Å². The molecule has 0 saturated carbocycles. The summed E-state index contributed by atoms with van der Waals surface area (Å²) in [5.74, 6) is 1.61. The molecule has 6 nitrogen and oxygen atoms in total. The number of rotatable bonds is 9. The molecule has 2 amide bonds. The van der Waals surface area contributed by atoms with Gasteiger partial charge in [0.05, 0.1) is 13.2 Å². The number of nitrogens with one attached hydrogen (secondary N) is 2. The highest BCUT2D eigenvalue weighted by Gasteiger charge is 2.32. The van der Waals surface area contributed by atoms with Crippen molar-refractivity contribution in [3.63, 3.8) is 0 Å². The van der Waals surface area contributed by atoms with E-state index in [1.54, 1.807) is 0 Å². The number of carbonyl (C=O) groups excluding carboxylic acids is 2. The zero-order valence-electron chi connectivity index (χ0n) is 19.8. The topological polar surface area (TPSA) is 70.7 Å². The van der Waals surface area contributed by atoms with Gasteiger partial charge in [-0.15, -0.1) is 0 Å². The SMILES string of the molecule is CC1=C[C@@H](CNC(=O)c2ccccc2)[C@H](C(C)C)C[C@H]1CC(=O)NCCN1CCOCC1. The van der Waals surface area contributed by atoms with Crippen LogP contribution in [-0.4, -0.2) is 62.7 Å². The molecule has 32 heavy (non-hydrogen) atoms. The van der Waals surface area contributed by atoms with E-state index in [1.807, 2.05) is 30.3 Å². The first-order valence-corrected chi connectivity index (χ1v) is 12.0. The first-order chi connectivity index (χ1) is 15.4. The summed E-state index contributed by atoms with van der Waals surface area (Å²) < 4.78 is 5.37. The van der Waals surface area contributed by atoms with Gasteiger partial charge in [0.1, 0.15) is 0 Å². The summed E-state index contributed by atoms with van der Waals surface area (Å²) >= 11 is 0. The van der Waals surface area contributed by atoms with Crippen molar-refractivity contribution in [2.75, 3.05) is 45.9 Å². The molecule has 0 aromatic heterocycles. The van der Waals surface area contributed by atoms with Crippen LogP contribution in [0.1, 0.15) is 44.0 Å². The lowest BCUT2D eigenvalue weighted by Gasteiger charge is -2.37. The molecule has 0 unspecified atom stereocenters. The fraction of sp³-hybridized carbons (Fsp3) is 0.615. The highest BCUT2D eigenvalue weighted by atomic mass is 16.5. The third-order valence-electron chi connectivity index (χ3n) is 6.90. The Balaban J connectivity index is 1.50. The molecule has 0 radical (unpaired) electrons. The van der Waals surface area contributed by atoms with Crippen molar-refractivity contribution in [2.24, 2.45) is 23.7 Å². The van der Waals surface area contributed by atoms with E-state index in [2.05, 4.69) is 42.4 Å². The van der Waals surface area contributed by atoms with Crippen molar-refractivity contribution in [3.8, 4) is 0 Å². The summed E-state index contributed by atoms with van der Waals surface area (Å²) in [5, 5.41) is 6.22. The Bertz CT molecular complexity index is 772. The van der Waals surface area contributed by atoms with Crippen LogP contribution >= 0.6 is 0 Å². The molecule has 3 atom stereocenters. The minimum absolute atomic E-state index is 0.0269. The number of amides is 2. The summed E-state index contributed by atoms with van der Waals surface area (Å²) in [5.41, 5.74) is 1.96. The highest BCUT2D eigenvalue weighted by Crippen LogP contribution is 2.38. The molecule has 1 aromatic carbocycles. The molecule has 2 N–H and O–H groups in total. The molecule has 1 aromatic rings. The monoisotopic (exact) mass is 441 g/mol. The van der Waals surface area contributed by atoms with Crippen molar-refractivity contribution >= 4 is 11.8 Å². The zero-order chi connectivity index (χ0) is 22.9. The maximum Gasteiger partial charge on any atom is 0.251 e. The van der Waals surface area contributed by atoms with Gasteiger partial charge in [0.15, 0.2) is 0 Å². The quantitative estimate of drug-likeness (QED) is 0.578. The van der Waals surface area contributed by atoms with Gasteiger partial charge in [-0.2, -0.15) is 0 Å². The summed E-state index contributed by atoms with van der Waals surface area (Å²) in [6, 6.07) is 9.35. The highest BCUT2D eigenvalue weighted by molar-refractivity contribution is 5.94. The van der Waals surface area contributed by atoms with Gasteiger partial charge >= 0.3 is 0 Å². The van der Waals surface area contributed by atoms with Crippen LogP contribution in [0.15, 0.2) is 42.0 Å². The Hall–Kier alpha value is -2.18. The average Bonchev–Trinajstić information content (AvgIpc) is 2.80. The molecular formula is C26H39N3O3. The minimum atomic E-state index is -0.0269. The second-order valence-electron chi connectivity index (χ2n) is 9.50. The molecule has 1 aliphatic carbocycles. The Labute approximate surface area is 192 Å². The second-order valence-corrected chi connectivity index (χ2v) is 9.50. The first-order valence-electron chi connectivity index (χ1n) is 12.0. The van der Waals surface area contributed by atoms with Crippen LogP contribution < -0.4 is 10.6 Å². The predicted molar refractivity (Wildman–Crippen MR) is 127 cm³/mol. The summed E-state index contributed by atoms with van der Waals surface area (Å²) in [6.45, 7) is 12.3. The number of hydrogen-bond acceptors (Lipinski definition) is 4. The van der Waals surface area contributed by atoms with E-state index >= 15 is 0 Å². The third-order valence-corrected chi connectivity index (χ3v) is 6.90. The van der Waals surface area contributed by atoms with Gasteiger partial charge in [0, 0.05) is 44.7 Å². The lowest BCUT2D eigenvalue weighted by atomic mass is 9.69. The maximum absolute atomic E-state index is 12.6. The molecule has 1 aliphatic heterocycles. The van der Waals surface area contributed by atoms with Gasteiger partial charge in [-0.25, -0.2) is 0 Å². The maximum atomic E-state index is 12.6. The van der Waals surface area contributed by atoms with Crippen LogP contribution in [0.3, 0.4) is 0 Å². The molecule has 2 aliphatic rings. The van der Waals surface area contributed by atoms with Crippen LogP contribution in [0, 0.1) is 23.7 Å². The first kappa shape index (κ1) is 24.5. The molecule has 176 valence electrons. The van der Waals surface area contributed by atoms with E-state index in [1.165, 1.54) is 5.57 Å². The van der Waals surface area contributed by atoms with Crippen LogP contribution in [0.25, 0.3) is 0 Å². The van der Waals surface area contributed by atoms with Gasteiger partial charge in [-0.05, 0) is 49.1 Å². The van der Waals surface area contributed by atoms with Crippen molar-refractivity contribution in [1.29, 1.82) is 0 Å². The fourth-order valence-corrected chi connectivity index (χ4v) is 4.88. The summed E-state index contributed by atoms with van der Waals surface area (Å²) in [7, 11) is 0. The van der Waals surface area contributed by atoms with Gasteiger partial charge in [-0.3, -0.25) is 14.5 Å². The van der Waals surface area contributed by atoms with Gasteiger partial charge < -0.3 is 15.4 Å². The summed E-state index contributed by atoms with van der Waals surface area (Å²) in [4.78, 5) is 27.4. The normalized spacial score (nSPS) is 24.1. The van der Waals surface area contributed by atoms with Crippen molar-refractivity contribution in [2.45, 2.75) is 33.6 Å². The number of benzene rings is 1. The van der Waals surface area contributed by atoms with Gasteiger partial charge in [-0.1, -0.05) is 43.7 Å². The van der Waals surface area contributed by atoms with Gasteiger partial charge in [0.2, 0.25) is 5.91 Å². The Morgan fingerprint density at radius 1 is 1.12 bits per heavy atom. The van der Waals surface area contributed by atoms with Crippen LogP contribution in [0.5, 0.6) is 0 Å². The van der Waals surface area contributed by atoms with Crippen molar-refractivity contribution in [3.05, 3.63) is 47.5 Å². The standard InChI is InChI=1S/C26H39N3O3/c1-19(2)24-16-22(17-25(30)27-9-10-29-11-13-32-14-12-29)20(3)15-23(24)18-28-26(31)21-7-5-4-6-8-21/h4-8,15,19,22-24H,9-14,16-18H2,1-3H3,(H,27,30)(H,28,31)/t22-,23-,24-/m0/s1. The zero-order valence-corrected chi connectivity index (χ0v) is 19.8. The number of carbonyl (C=O) groups is 2. The Morgan fingerprint density at radius 3 is 2.53 bits per heavy atom. The van der Waals surface area contributed by atoms with E-state index in [0.717, 1.165) is 39.3 Å². The van der Waals surface area contributed by atoms with Crippen LogP contribution in [0.4, 0.5) is 0 Å². The largest absolute Gasteiger partial charge is 0.379 e. The van der Waals surface area contributed by atoms with E-state index < -0.39 is 0 Å². The number of allylic oxidation sites excluding steroid dienone is 1. The molecule has 0 bridgehead atoms. The van der Waals surface area contributed by atoms with Gasteiger partial charge in [0.25, 0.3) is 5.91 Å². The average molecular weight is 442 g/mol. The molecule has 0 spiro atoms.